The molecule has 2 aromatic carbocycles. The fourth-order valence-electron chi connectivity index (χ4n) is 2.07. The van der Waals surface area contributed by atoms with Crippen molar-refractivity contribution in [3.8, 4) is 0 Å². The molecule has 0 saturated carbocycles. The van der Waals surface area contributed by atoms with E-state index in [1.54, 1.807) is 12.1 Å². The molecule has 1 heterocycles. The standard InChI is InChI=1S/C16H10F2N2O/c17-11-4-1-3-10(9-11)16(21)20-14-7-8-19-15-12(14)5-2-6-13(15)18/h1-9H,(H,19,20,21). The number of hydrogen-bond acceptors (Lipinski definition) is 2. The third-order valence-electron chi connectivity index (χ3n) is 3.06. The first kappa shape index (κ1) is 13.2. The third kappa shape index (κ3) is 2.58. The third-order valence-corrected chi connectivity index (χ3v) is 3.06. The number of carbonyl (C=O) groups excluding carboxylic acids is 1. The Labute approximate surface area is 119 Å². The lowest BCUT2D eigenvalue weighted by Crippen LogP contribution is -2.12. The number of aromatic nitrogens is 1. The van der Waals surface area contributed by atoms with E-state index in [-0.39, 0.29) is 11.1 Å². The van der Waals surface area contributed by atoms with Crippen molar-refractivity contribution in [2.24, 2.45) is 0 Å². The van der Waals surface area contributed by atoms with E-state index in [2.05, 4.69) is 10.3 Å². The summed E-state index contributed by atoms with van der Waals surface area (Å²) in [7, 11) is 0. The zero-order valence-electron chi connectivity index (χ0n) is 10.8. The normalized spacial score (nSPS) is 10.6. The molecule has 3 aromatic rings. The van der Waals surface area contributed by atoms with Crippen LogP contribution in [0.1, 0.15) is 10.4 Å². The first-order valence-electron chi connectivity index (χ1n) is 6.25. The SMILES string of the molecule is O=C(Nc1ccnc2c(F)cccc12)c1cccc(F)c1. The van der Waals surface area contributed by atoms with E-state index >= 15 is 0 Å². The fourth-order valence-corrected chi connectivity index (χ4v) is 2.07. The number of para-hydroxylation sites is 1. The van der Waals surface area contributed by atoms with Gasteiger partial charge in [-0.25, -0.2) is 8.78 Å². The molecule has 1 N–H and O–H groups in total. The number of benzene rings is 2. The highest BCUT2D eigenvalue weighted by Crippen LogP contribution is 2.23. The summed E-state index contributed by atoms with van der Waals surface area (Å²) in [5.74, 6) is -1.42. The largest absolute Gasteiger partial charge is 0.321 e. The number of halogens is 2. The first-order valence-corrected chi connectivity index (χ1v) is 6.25. The number of rotatable bonds is 2. The number of carbonyl (C=O) groups is 1. The van der Waals surface area contributed by atoms with Crippen molar-refractivity contribution in [1.82, 2.24) is 4.98 Å². The van der Waals surface area contributed by atoms with Crippen LogP contribution in [0.3, 0.4) is 0 Å². The molecule has 0 unspecified atom stereocenters. The van der Waals surface area contributed by atoms with Crippen LogP contribution >= 0.6 is 0 Å². The predicted octanol–water partition coefficient (Wildman–Crippen LogP) is 3.77. The van der Waals surface area contributed by atoms with Gasteiger partial charge in [0.1, 0.15) is 17.2 Å². The molecule has 0 fully saturated rings. The molecular weight excluding hydrogens is 274 g/mol. The van der Waals surface area contributed by atoms with E-state index in [9.17, 15) is 13.6 Å². The Morgan fingerprint density at radius 3 is 2.67 bits per heavy atom. The topological polar surface area (TPSA) is 42.0 Å². The van der Waals surface area contributed by atoms with Gasteiger partial charge in [-0.05, 0) is 30.3 Å². The van der Waals surface area contributed by atoms with E-state index < -0.39 is 17.5 Å². The molecule has 0 bridgehead atoms. The fraction of sp³-hybridized carbons (Fsp3) is 0. The quantitative estimate of drug-likeness (QED) is 0.778. The highest BCUT2D eigenvalue weighted by Gasteiger charge is 2.11. The van der Waals surface area contributed by atoms with Gasteiger partial charge < -0.3 is 5.32 Å². The number of nitrogens with one attached hydrogen (secondary N) is 1. The molecule has 21 heavy (non-hydrogen) atoms. The average molecular weight is 284 g/mol. The van der Waals surface area contributed by atoms with Crippen LogP contribution in [-0.4, -0.2) is 10.9 Å². The summed E-state index contributed by atoms with van der Waals surface area (Å²) < 4.78 is 26.8. The van der Waals surface area contributed by atoms with Crippen molar-refractivity contribution in [1.29, 1.82) is 0 Å². The van der Waals surface area contributed by atoms with Gasteiger partial charge in [-0.1, -0.05) is 18.2 Å². The van der Waals surface area contributed by atoms with Gasteiger partial charge in [0.25, 0.3) is 5.91 Å². The first-order chi connectivity index (χ1) is 10.1. The minimum atomic E-state index is -0.492. The van der Waals surface area contributed by atoms with Crippen LogP contribution in [0, 0.1) is 11.6 Å². The zero-order valence-corrected chi connectivity index (χ0v) is 10.8. The van der Waals surface area contributed by atoms with Gasteiger partial charge in [-0.15, -0.1) is 0 Å². The number of hydrogen-bond donors (Lipinski definition) is 1. The van der Waals surface area contributed by atoms with Crippen LogP contribution in [0.25, 0.3) is 10.9 Å². The molecule has 5 heteroatoms. The second-order valence-electron chi connectivity index (χ2n) is 4.46. The number of amides is 1. The molecule has 0 aliphatic heterocycles. The van der Waals surface area contributed by atoms with Gasteiger partial charge in [-0.3, -0.25) is 9.78 Å². The maximum atomic E-state index is 13.7. The van der Waals surface area contributed by atoms with Crippen LogP contribution in [0.4, 0.5) is 14.5 Å². The predicted molar refractivity (Wildman–Crippen MR) is 76.1 cm³/mol. The van der Waals surface area contributed by atoms with Crippen molar-refractivity contribution in [2.45, 2.75) is 0 Å². The number of pyridine rings is 1. The minimum absolute atomic E-state index is 0.176. The summed E-state index contributed by atoms with van der Waals surface area (Å²) in [6, 6.07) is 11.4. The Bertz CT molecular complexity index is 833. The van der Waals surface area contributed by atoms with E-state index in [0.717, 1.165) is 6.07 Å². The number of fused-ring (bicyclic) bond motifs is 1. The molecule has 0 atom stereocenters. The van der Waals surface area contributed by atoms with E-state index in [1.807, 2.05) is 0 Å². The molecule has 3 nitrogen and oxygen atoms in total. The Hall–Kier alpha value is -2.82. The van der Waals surface area contributed by atoms with E-state index in [1.165, 1.54) is 36.5 Å². The summed E-state index contributed by atoms with van der Waals surface area (Å²) in [4.78, 5) is 16.1. The zero-order chi connectivity index (χ0) is 14.8. The van der Waals surface area contributed by atoms with Gasteiger partial charge in [0.15, 0.2) is 0 Å². The molecule has 1 amide bonds. The van der Waals surface area contributed by atoms with Gasteiger partial charge >= 0.3 is 0 Å². The van der Waals surface area contributed by atoms with Crippen LogP contribution in [-0.2, 0) is 0 Å². The number of nitrogens with zero attached hydrogens (tertiary/aromatic N) is 1. The van der Waals surface area contributed by atoms with Gasteiger partial charge in [0.05, 0.1) is 5.69 Å². The van der Waals surface area contributed by atoms with Gasteiger partial charge in [0.2, 0.25) is 0 Å². The van der Waals surface area contributed by atoms with Gasteiger partial charge in [-0.2, -0.15) is 0 Å². The maximum Gasteiger partial charge on any atom is 0.255 e. The summed E-state index contributed by atoms with van der Waals surface area (Å²) in [6.07, 6.45) is 1.41. The average Bonchev–Trinajstić information content (AvgIpc) is 2.48. The lowest BCUT2D eigenvalue weighted by Gasteiger charge is -2.08. The van der Waals surface area contributed by atoms with Crippen molar-refractivity contribution in [3.63, 3.8) is 0 Å². The summed E-state index contributed by atoms with van der Waals surface area (Å²) in [6.45, 7) is 0. The molecule has 0 aliphatic carbocycles. The van der Waals surface area contributed by atoms with Crippen LogP contribution in [0.5, 0.6) is 0 Å². The van der Waals surface area contributed by atoms with Gasteiger partial charge in [0, 0.05) is 17.1 Å². The van der Waals surface area contributed by atoms with E-state index in [0.29, 0.717) is 11.1 Å². The molecule has 104 valence electrons. The smallest absolute Gasteiger partial charge is 0.255 e. The van der Waals surface area contributed by atoms with Crippen molar-refractivity contribution < 1.29 is 13.6 Å². The van der Waals surface area contributed by atoms with Crippen LogP contribution in [0.2, 0.25) is 0 Å². The van der Waals surface area contributed by atoms with Crippen molar-refractivity contribution >= 4 is 22.5 Å². The number of anilines is 1. The highest BCUT2D eigenvalue weighted by molar-refractivity contribution is 6.08. The monoisotopic (exact) mass is 284 g/mol. The Kier molecular flexibility index (Phi) is 3.31. The Balaban J connectivity index is 1.99. The van der Waals surface area contributed by atoms with E-state index in [4.69, 9.17) is 0 Å². The Morgan fingerprint density at radius 1 is 1.05 bits per heavy atom. The maximum absolute atomic E-state index is 13.7. The van der Waals surface area contributed by atoms with Crippen molar-refractivity contribution in [3.05, 3.63) is 71.9 Å². The lowest BCUT2D eigenvalue weighted by atomic mass is 10.1. The van der Waals surface area contributed by atoms with Crippen LogP contribution < -0.4 is 5.32 Å². The second kappa shape index (κ2) is 5.28. The molecule has 1 aromatic heterocycles. The minimum Gasteiger partial charge on any atom is -0.321 e. The molecule has 0 saturated heterocycles. The summed E-state index contributed by atoms with van der Waals surface area (Å²) in [5, 5.41) is 3.13. The molecule has 3 rings (SSSR count). The van der Waals surface area contributed by atoms with Crippen LogP contribution in [0.15, 0.2) is 54.7 Å². The molecular formula is C16H10F2N2O. The summed E-state index contributed by atoms with van der Waals surface area (Å²) in [5.41, 5.74) is 0.791. The highest BCUT2D eigenvalue weighted by atomic mass is 19.1. The molecule has 0 spiro atoms. The molecule has 0 radical (unpaired) electrons. The summed E-state index contributed by atoms with van der Waals surface area (Å²) >= 11 is 0. The van der Waals surface area contributed by atoms with Crippen molar-refractivity contribution in [2.75, 3.05) is 5.32 Å². The second-order valence-corrected chi connectivity index (χ2v) is 4.46. The Morgan fingerprint density at radius 2 is 1.86 bits per heavy atom. The molecule has 0 aliphatic rings. The lowest BCUT2D eigenvalue weighted by molar-refractivity contribution is 0.102.